The van der Waals surface area contributed by atoms with Gasteiger partial charge in [-0.05, 0) is 48.2 Å². The Bertz CT molecular complexity index is 751. The maximum Gasteiger partial charge on any atom is 0.188 e. The van der Waals surface area contributed by atoms with E-state index in [1.54, 1.807) is 14.2 Å². The summed E-state index contributed by atoms with van der Waals surface area (Å²) >= 11 is 0. The number of hydrogen-bond donors (Lipinski definition) is 2. The minimum Gasteiger partial charge on any atom is -0.494 e. The van der Waals surface area contributed by atoms with Gasteiger partial charge in [0.25, 0.3) is 0 Å². The Morgan fingerprint density at radius 3 is 2.34 bits per heavy atom. The Labute approximate surface area is 190 Å². The quantitative estimate of drug-likeness (QED) is 0.204. The molecule has 0 radical (unpaired) electrons. The summed E-state index contributed by atoms with van der Waals surface area (Å²) in [6, 6.07) is 13.9. The summed E-state index contributed by atoms with van der Waals surface area (Å²) < 4.78 is 16.2. The van der Waals surface area contributed by atoms with Crippen LogP contribution in [0, 0.1) is 0 Å². The number of hydrogen-bond acceptors (Lipinski definition) is 4. The van der Waals surface area contributed by atoms with E-state index in [0.29, 0.717) is 24.0 Å². The van der Waals surface area contributed by atoms with Crippen LogP contribution in [0.15, 0.2) is 47.5 Å². The zero-order valence-electron chi connectivity index (χ0n) is 17.4. The zero-order valence-corrected chi connectivity index (χ0v) is 19.8. The molecule has 0 saturated heterocycles. The number of rotatable bonds is 11. The third-order valence-electron chi connectivity index (χ3n) is 4.29. The highest BCUT2D eigenvalue weighted by atomic mass is 127. The van der Waals surface area contributed by atoms with Crippen molar-refractivity contribution >= 4 is 29.9 Å². The van der Waals surface area contributed by atoms with Crippen LogP contribution in [-0.4, -0.2) is 33.3 Å². The number of aliphatic imine (C=N–C) groups is 1. The molecule has 0 bridgehead atoms. The molecule has 0 saturated carbocycles. The number of nitrogens with two attached hydrogens (primary N) is 1. The number of methoxy groups -OCH3 is 2. The van der Waals surface area contributed by atoms with E-state index in [4.69, 9.17) is 19.9 Å². The molecule has 3 N–H and O–H groups in total. The molecule has 7 heteroatoms. The van der Waals surface area contributed by atoms with Crippen LogP contribution in [-0.2, 0) is 13.0 Å². The van der Waals surface area contributed by atoms with Crippen LogP contribution in [0.1, 0.15) is 30.9 Å². The highest BCUT2D eigenvalue weighted by molar-refractivity contribution is 14.0. The molecule has 6 nitrogen and oxygen atoms in total. The second kappa shape index (κ2) is 13.9. The van der Waals surface area contributed by atoms with Gasteiger partial charge in [-0.1, -0.05) is 31.5 Å². The summed E-state index contributed by atoms with van der Waals surface area (Å²) in [6.45, 7) is 4.12. The van der Waals surface area contributed by atoms with E-state index in [1.165, 1.54) is 5.56 Å². The van der Waals surface area contributed by atoms with Gasteiger partial charge in [-0.3, -0.25) is 0 Å². The lowest BCUT2D eigenvalue weighted by atomic mass is 10.1. The Morgan fingerprint density at radius 2 is 1.69 bits per heavy atom. The van der Waals surface area contributed by atoms with Crippen molar-refractivity contribution in [3.05, 3.63) is 53.6 Å². The van der Waals surface area contributed by atoms with E-state index < -0.39 is 0 Å². The van der Waals surface area contributed by atoms with Gasteiger partial charge < -0.3 is 25.3 Å². The van der Waals surface area contributed by atoms with Crippen LogP contribution in [0.4, 0.5) is 0 Å². The van der Waals surface area contributed by atoms with E-state index in [0.717, 1.165) is 43.7 Å². The molecule has 0 unspecified atom stereocenters. The summed E-state index contributed by atoms with van der Waals surface area (Å²) in [5.74, 6) is 2.72. The summed E-state index contributed by atoms with van der Waals surface area (Å²) in [4.78, 5) is 4.38. The number of nitrogens with one attached hydrogen (secondary N) is 1. The molecular formula is C22H32IN3O3. The predicted molar refractivity (Wildman–Crippen MR) is 129 cm³/mol. The summed E-state index contributed by atoms with van der Waals surface area (Å²) in [7, 11) is 3.23. The topological polar surface area (TPSA) is 78.1 Å². The average Bonchev–Trinajstić information content (AvgIpc) is 2.73. The lowest BCUT2D eigenvalue weighted by Crippen LogP contribution is -2.33. The van der Waals surface area contributed by atoms with Gasteiger partial charge >= 0.3 is 0 Å². The molecule has 0 spiro atoms. The van der Waals surface area contributed by atoms with Crippen molar-refractivity contribution in [3.8, 4) is 17.2 Å². The van der Waals surface area contributed by atoms with E-state index in [-0.39, 0.29) is 24.0 Å². The summed E-state index contributed by atoms with van der Waals surface area (Å²) in [6.07, 6.45) is 3.08. The smallest absolute Gasteiger partial charge is 0.188 e. The number of unbranched alkanes of at least 4 members (excludes halogenated alkanes) is 1. The Balaban J connectivity index is 0.00000420. The van der Waals surface area contributed by atoms with E-state index >= 15 is 0 Å². The lowest BCUT2D eigenvalue weighted by molar-refractivity contribution is 0.309. The zero-order chi connectivity index (χ0) is 20.2. The number of nitrogens with zero attached hydrogens (tertiary/aromatic N) is 1. The molecule has 2 aromatic carbocycles. The third-order valence-corrected chi connectivity index (χ3v) is 4.29. The van der Waals surface area contributed by atoms with Gasteiger partial charge in [-0.2, -0.15) is 0 Å². The van der Waals surface area contributed by atoms with Gasteiger partial charge in [0.2, 0.25) is 0 Å². The predicted octanol–water partition coefficient (Wildman–Crippen LogP) is 4.15. The molecule has 0 aliphatic rings. The first kappa shape index (κ1) is 24.9. The monoisotopic (exact) mass is 513 g/mol. The molecule has 0 aliphatic heterocycles. The number of ether oxygens (including phenoxy) is 3. The maximum atomic E-state index is 5.97. The number of guanidine groups is 1. The molecule has 0 aliphatic carbocycles. The van der Waals surface area contributed by atoms with Gasteiger partial charge in [0.05, 0.1) is 27.4 Å². The van der Waals surface area contributed by atoms with Crippen LogP contribution in [0.2, 0.25) is 0 Å². The minimum atomic E-state index is 0. The molecule has 0 atom stereocenters. The Hall–Kier alpha value is -2.16. The maximum absolute atomic E-state index is 5.97. The highest BCUT2D eigenvalue weighted by Crippen LogP contribution is 2.27. The van der Waals surface area contributed by atoms with Gasteiger partial charge in [0.1, 0.15) is 5.75 Å². The van der Waals surface area contributed by atoms with Crippen molar-refractivity contribution in [2.75, 3.05) is 27.4 Å². The second-order valence-electron chi connectivity index (χ2n) is 6.41. The van der Waals surface area contributed by atoms with Gasteiger partial charge in [-0.15, -0.1) is 24.0 Å². The van der Waals surface area contributed by atoms with Crippen molar-refractivity contribution in [1.82, 2.24) is 5.32 Å². The molecule has 0 amide bonds. The van der Waals surface area contributed by atoms with Crippen molar-refractivity contribution in [2.24, 2.45) is 10.7 Å². The SMILES string of the molecule is CCCCOc1ccc(CCNC(N)=NCc2ccc(OC)c(OC)c2)cc1.I. The first-order valence-electron chi connectivity index (χ1n) is 9.62. The molecule has 29 heavy (non-hydrogen) atoms. The molecule has 0 heterocycles. The van der Waals surface area contributed by atoms with Gasteiger partial charge in [0.15, 0.2) is 17.5 Å². The van der Waals surface area contributed by atoms with Crippen LogP contribution in [0.5, 0.6) is 17.2 Å². The average molecular weight is 513 g/mol. The van der Waals surface area contributed by atoms with Crippen molar-refractivity contribution < 1.29 is 14.2 Å². The van der Waals surface area contributed by atoms with Gasteiger partial charge in [-0.25, -0.2) is 4.99 Å². The standard InChI is InChI=1S/C22H31N3O3.HI/c1-4-5-14-28-19-9-6-17(7-10-19)12-13-24-22(23)25-16-18-8-11-20(26-2)21(15-18)27-3;/h6-11,15H,4-5,12-14,16H2,1-3H3,(H3,23,24,25);1H. The van der Waals surface area contributed by atoms with Crippen molar-refractivity contribution in [3.63, 3.8) is 0 Å². The molecule has 0 aromatic heterocycles. The minimum absolute atomic E-state index is 0. The highest BCUT2D eigenvalue weighted by Gasteiger charge is 2.04. The molecule has 2 rings (SSSR count). The van der Waals surface area contributed by atoms with E-state index in [2.05, 4.69) is 29.4 Å². The molecule has 0 fully saturated rings. The fourth-order valence-electron chi connectivity index (χ4n) is 2.63. The van der Waals surface area contributed by atoms with E-state index in [9.17, 15) is 0 Å². The fourth-order valence-corrected chi connectivity index (χ4v) is 2.63. The molecule has 2 aromatic rings. The normalized spacial score (nSPS) is 10.8. The lowest BCUT2D eigenvalue weighted by Gasteiger charge is -2.09. The Morgan fingerprint density at radius 1 is 1.00 bits per heavy atom. The molecule has 160 valence electrons. The summed E-state index contributed by atoms with van der Waals surface area (Å²) in [5.41, 5.74) is 8.19. The van der Waals surface area contributed by atoms with Gasteiger partial charge in [0, 0.05) is 6.54 Å². The van der Waals surface area contributed by atoms with Crippen LogP contribution < -0.4 is 25.3 Å². The number of benzene rings is 2. The van der Waals surface area contributed by atoms with Crippen LogP contribution in [0.25, 0.3) is 0 Å². The van der Waals surface area contributed by atoms with Crippen LogP contribution >= 0.6 is 24.0 Å². The first-order chi connectivity index (χ1) is 13.7. The fraction of sp³-hybridized carbons (Fsp3) is 0.409. The van der Waals surface area contributed by atoms with E-state index in [1.807, 2.05) is 30.3 Å². The third kappa shape index (κ3) is 8.81. The first-order valence-corrected chi connectivity index (χ1v) is 9.62. The van der Waals surface area contributed by atoms with Crippen molar-refractivity contribution in [1.29, 1.82) is 0 Å². The van der Waals surface area contributed by atoms with Crippen molar-refractivity contribution in [2.45, 2.75) is 32.7 Å². The summed E-state index contributed by atoms with van der Waals surface area (Å²) in [5, 5.41) is 3.15. The van der Waals surface area contributed by atoms with Crippen LogP contribution in [0.3, 0.4) is 0 Å². The largest absolute Gasteiger partial charge is 0.494 e. The second-order valence-corrected chi connectivity index (χ2v) is 6.41. The number of halogens is 1. The Kier molecular flexibility index (Phi) is 11.9. The molecular weight excluding hydrogens is 481 g/mol.